The van der Waals surface area contributed by atoms with Crippen LogP contribution in [0.3, 0.4) is 0 Å². The maximum absolute atomic E-state index is 6.15. The Hall–Kier alpha value is -1.74. The summed E-state index contributed by atoms with van der Waals surface area (Å²) in [6.07, 6.45) is 5.67. The molecule has 0 bridgehead atoms. The third-order valence-electron chi connectivity index (χ3n) is 5.31. The van der Waals surface area contributed by atoms with Crippen LogP contribution in [-0.2, 0) is 29.1 Å². The maximum atomic E-state index is 6.15. The third kappa shape index (κ3) is 4.40. The van der Waals surface area contributed by atoms with Gasteiger partial charge in [-0.1, -0.05) is 54.5 Å². The Balaban J connectivity index is 1.82. The minimum Gasteiger partial charge on any atom is -0.472 e. The molecule has 0 radical (unpaired) electrons. The van der Waals surface area contributed by atoms with Crippen molar-refractivity contribution in [2.45, 2.75) is 77.6 Å². The predicted molar refractivity (Wildman–Crippen MR) is 114 cm³/mol. The van der Waals surface area contributed by atoms with E-state index in [1.807, 2.05) is 23.9 Å². The third-order valence-corrected chi connectivity index (χ3v) is 6.54. The van der Waals surface area contributed by atoms with Crippen molar-refractivity contribution in [1.29, 1.82) is 0 Å². The van der Waals surface area contributed by atoms with Gasteiger partial charge in [0.05, 0.1) is 12.5 Å². The van der Waals surface area contributed by atoms with Crippen LogP contribution in [-0.4, -0.2) is 0 Å². The molecule has 0 unspecified atom stereocenters. The molecule has 0 fully saturated rings. The highest BCUT2D eigenvalue weighted by atomic mass is 32.1. The zero-order chi connectivity index (χ0) is 19.9. The van der Waals surface area contributed by atoms with Crippen molar-refractivity contribution in [3.8, 4) is 0 Å². The molecular formula is C24H32O2S. The van der Waals surface area contributed by atoms with E-state index in [0.29, 0.717) is 0 Å². The Labute approximate surface area is 167 Å². The highest BCUT2D eigenvalue weighted by Gasteiger charge is 2.31. The van der Waals surface area contributed by atoms with Crippen molar-refractivity contribution in [2.75, 3.05) is 0 Å². The second-order valence-electron chi connectivity index (χ2n) is 9.93. The van der Waals surface area contributed by atoms with Crippen molar-refractivity contribution in [1.82, 2.24) is 0 Å². The Morgan fingerprint density at radius 2 is 1.59 bits per heavy atom. The van der Waals surface area contributed by atoms with Crippen LogP contribution in [0.4, 0.5) is 0 Å². The Kier molecular flexibility index (Phi) is 5.20. The number of hydrogen-bond acceptors (Lipinski definition) is 3. The summed E-state index contributed by atoms with van der Waals surface area (Å²) < 4.78 is 11.8. The molecule has 0 saturated heterocycles. The molecule has 0 N–H and O–H groups in total. The van der Waals surface area contributed by atoms with Crippen LogP contribution in [0, 0.1) is 0 Å². The summed E-state index contributed by atoms with van der Waals surface area (Å²) in [5, 5.41) is 2.15. The monoisotopic (exact) mass is 384 g/mol. The lowest BCUT2D eigenvalue weighted by Gasteiger charge is -2.28. The molecule has 3 rings (SSSR count). The van der Waals surface area contributed by atoms with E-state index in [1.54, 1.807) is 0 Å². The summed E-state index contributed by atoms with van der Waals surface area (Å²) in [4.78, 5) is 1.41. The number of furan rings is 2. The summed E-state index contributed by atoms with van der Waals surface area (Å²) >= 11 is 1.83. The Bertz CT molecular complexity index is 870. The molecule has 0 aromatic carbocycles. The molecule has 0 aliphatic heterocycles. The second-order valence-corrected chi connectivity index (χ2v) is 10.9. The summed E-state index contributed by atoms with van der Waals surface area (Å²) in [6, 6.07) is 8.59. The van der Waals surface area contributed by atoms with Crippen molar-refractivity contribution < 1.29 is 8.83 Å². The fraction of sp³-hybridized carbons (Fsp3) is 0.500. The molecular weight excluding hydrogens is 352 g/mol. The zero-order valence-corrected chi connectivity index (χ0v) is 18.5. The molecule has 0 spiro atoms. The summed E-state index contributed by atoms with van der Waals surface area (Å²) in [5.74, 6) is 2.08. The highest BCUT2D eigenvalue weighted by Crippen LogP contribution is 2.37. The summed E-state index contributed by atoms with van der Waals surface area (Å²) in [6.45, 7) is 15.7. The first-order valence-corrected chi connectivity index (χ1v) is 10.6. The van der Waals surface area contributed by atoms with Crippen LogP contribution in [0.15, 0.2) is 51.0 Å². The lowest BCUT2D eigenvalue weighted by molar-refractivity contribution is 0.361. The quantitative estimate of drug-likeness (QED) is 0.446. The van der Waals surface area contributed by atoms with Gasteiger partial charge >= 0.3 is 0 Å². The van der Waals surface area contributed by atoms with Gasteiger partial charge in [-0.3, -0.25) is 0 Å². The first-order valence-electron chi connectivity index (χ1n) is 9.68. The van der Waals surface area contributed by atoms with Crippen LogP contribution in [0.5, 0.6) is 0 Å². The van der Waals surface area contributed by atoms with E-state index < -0.39 is 0 Å². The van der Waals surface area contributed by atoms with Crippen LogP contribution < -0.4 is 0 Å². The van der Waals surface area contributed by atoms with Crippen molar-refractivity contribution in [2.24, 2.45) is 0 Å². The van der Waals surface area contributed by atoms with Gasteiger partial charge in [0.1, 0.15) is 11.5 Å². The van der Waals surface area contributed by atoms with Gasteiger partial charge in [0.15, 0.2) is 0 Å². The lowest BCUT2D eigenvalue weighted by Crippen LogP contribution is -2.25. The fourth-order valence-corrected chi connectivity index (χ4v) is 4.54. The Morgan fingerprint density at radius 3 is 2.19 bits per heavy atom. The topological polar surface area (TPSA) is 26.3 Å². The number of hydrogen-bond donors (Lipinski definition) is 0. The molecule has 0 saturated carbocycles. The first kappa shape index (κ1) is 20.0. The van der Waals surface area contributed by atoms with E-state index in [1.165, 1.54) is 16.0 Å². The van der Waals surface area contributed by atoms with Gasteiger partial charge in [-0.2, -0.15) is 0 Å². The number of thiophene rings is 1. The van der Waals surface area contributed by atoms with Crippen molar-refractivity contribution in [3.63, 3.8) is 0 Å². The van der Waals surface area contributed by atoms with Crippen LogP contribution in [0.2, 0.25) is 0 Å². The van der Waals surface area contributed by atoms with E-state index >= 15 is 0 Å². The largest absolute Gasteiger partial charge is 0.472 e. The number of rotatable bonds is 6. The SMILES string of the molecule is CC(C)(C)c1ccc(CC(C)(C)c2cocc2CC(C)(C)c2cccs2)o1. The van der Waals surface area contributed by atoms with E-state index in [0.717, 1.165) is 24.4 Å². The predicted octanol–water partition coefficient (Wildman–Crippen LogP) is 7.27. The summed E-state index contributed by atoms with van der Waals surface area (Å²) in [7, 11) is 0. The molecule has 2 nitrogen and oxygen atoms in total. The average Bonchev–Trinajstić information content (AvgIpc) is 3.27. The molecule has 0 amide bonds. The maximum Gasteiger partial charge on any atom is 0.109 e. The van der Waals surface area contributed by atoms with Crippen LogP contribution in [0.1, 0.15) is 76.0 Å². The van der Waals surface area contributed by atoms with Crippen molar-refractivity contribution in [3.05, 3.63) is 69.7 Å². The second kappa shape index (κ2) is 7.01. The van der Waals surface area contributed by atoms with Gasteiger partial charge in [-0.15, -0.1) is 11.3 Å². The lowest BCUT2D eigenvalue weighted by atomic mass is 9.76. The zero-order valence-electron chi connectivity index (χ0n) is 17.7. The van der Waals surface area contributed by atoms with Crippen LogP contribution >= 0.6 is 11.3 Å². The minimum absolute atomic E-state index is 0.0356. The van der Waals surface area contributed by atoms with E-state index in [-0.39, 0.29) is 16.2 Å². The molecule has 3 heteroatoms. The molecule has 0 aliphatic rings. The Morgan fingerprint density at radius 1 is 0.852 bits per heavy atom. The van der Waals surface area contributed by atoms with Gasteiger partial charge < -0.3 is 8.83 Å². The van der Waals surface area contributed by atoms with Gasteiger partial charge in [0.25, 0.3) is 0 Å². The minimum atomic E-state index is -0.0547. The molecule has 3 heterocycles. The molecule has 0 atom stereocenters. The molecule has 146 valence electrons. The molecule has 27 heavy (non-hydrogen) atoms. The highest BCUT2D eigenvalue weighted by molar-refractivity contribution is 7.10. The first-order chi connectivity index (χ1) is 12.5. The van der Waals surface area contributed by atoms with Crippen LogP contribution in [0.25, 0.3) is 0 Å². The summed E-state index contributed by atoms with van der Waals surface area (Å²) in [5.41, 5.74) is 2.64. The van der Waals surface area contributed by atoms with Gasteiger partial charge in [-0.25, -0.2) is 0 Å². The molecule has 0 aliphatic carbocycles. The average molecular weight is 385 g/mol. The van der Waals surface area contributed by atoms with E-state index in [4.69, 9.17) is 8.83 Å². The van der Waals surface area contributed by atoms with Gasteiger partial charge in [0.2, 0.25) is 0 Å². The standard InChI is InChI=1S/C24H32O2S/c1-22(2,3)20-11-10-18(26-20)14-23(4,5)19-16-25-15-17(19)13-24(6,7)21-9-8-12-27-21/h8-12,15-16H,13-14H2,1-7H3. The molecule has 3 aromatic rings. The smallest absolute Gasteiger partial charge is 0.109 e. The molecule has 3 aromatic heterocycles. The van der Waals surface area contributed by atoms with Gasteiger partial charge in [0, 0.05) is 27.5 Å². The normalized spacial score (nSPS) is 13.3. The van der Waals surface area contributed by atoms with E-state index in [2.05, 4.69) is 78.1 Å². The van der Waals surface area contributed by atoms with Crippen molar-refractivity contribution >= 4 is 11.3 Å². The van der Waals surface area contributed by atoms with Gasteiger partial charge in [-0.05, 0) is 41.1 Å². The fourth-order valence-electron chi connectivity index (χ4n) is 3.69. The van der Waals surface area contributed by atoms with E-state index in [9.17, 15) is 0 Å².